The number of nitrogens with two attached hydrogens (primary N) is 1. The molecular formula is C11H12N2O4. The Bertz CT molecular complexity index is 473. The van der Waals surface area contributed by atoms with Gasteiger partial charge in [-0.15, -0.1) is 0 Å². The molecule has 6 nitrogen and oxygen atoms in total. The van der Waals surface area contributed by atoms with Gasteiger partial charge in [-0.1, -0.05) is 0 Å². The van der Waals surface area contributed by atoms with Crippen LogP contribution in [0.15, 0.2) is 18.2 Å². The number of carbonyl (C=O) groups is 2. The molecule has 1 aromatic rings. The number of anilines is 2. The second-order valence-corrected chi connectivity index (χ2v) is 3.70. The molecule has 0 spiro atoms. The summed E-state index contributed by atoms with van der Waals surface area (Å²) in [6.45, 7) is 0.794. The van der Waals surface area contributed by atoms with E-state index in [-0.39, 0.29) is 11.3 Å². The molecule has 90 valence electrons. The lowest BCUT2D eigenvalue weighted by Crippen LogP contribution is -2.38. The van der Waals surface area contributed by atoms with Gasteiger partial charge in [-0.05, 0) is 24.6 Å². The van der Waals surface area contributed by atoms with E-state index < -0.39 is 12.1 Å². The number of benzene rings is 1. The summed E-state index contributed by atoms with van der Waals surface area (Å²) in [6.07, 6.45) is 0.129. The molecule has 1 fully saturated rings. The van der Waals surface area contributed by atoms with E-state index in [1.54, 1.807) is 0 Å². The first-order valence-corrected chi connectivity index (χ1v) is 5.16. The lowest BCUT2D eigenvalue weighted by Gasteiger charge is -2.27. The minimum atomic E-state index is -1.10. The summed E-state index contributed by atoms with van der Waals surface area (Å²) in [5, 5.41) is 9.05. The number of aromatic carboxylic acids is 1. The smallest absolute Gasteiger partial charge is 0.414 e. The molecule has 3 N–H and O–H groups in total. The number of nitrogen functional groups attached to an aromatic ring is 1. The molecule has 17 heavy (non-hydrogen) atoms. The average molecular weight is 236 g/mol. The van der Waals surface area contributed by atoms with Crippen molar-refractivity contribution in [1.82, 2.24) is 0 Å². The summed E-state index contributed by atoms with van der Waals surface area (Å²) >= 11 is 0. The van der Waals surface area contributed by atoms with Gasteiger partial charge in [-0.25, -0.2) is 9.59 Å². The molecule has 0 aromatic heterocycles. The van der Waals surface area contributed by atoms with E-state index in [1.165, 1.54) is 23.1 Å². The number of rotatable bonds is 2. The van der Waals surface area contributed by atoms with E-state index in [4.69, 9.17) is 15.6 Å². The Morgan fingerprint density at radius 2 is 2.24 bits per heavy atom. The summed E-state index contributed by atoms with van der Waals surface area (Å²) in [5.41, 5.74) is 6.33. The van der Waals surface area contributed by atoms with Crippen molar-refractivity contribution in [3.8, 4) is 0 Å². The first-order chi connectivity index (χ1) is 8.09. The standard InChI is InChI=1S/C11H12N2O4/c12-7-2-3-8(10(14)15)9(6-7)13-4-1-5-17-11(13)16/h2-3,6H,1,4-5,12H2,(H,14,15). The fourth-order valence-electron chi connectivity index (χ4n) is 1.72. The summed E-state index contributed by atoms with van der Waals surface area (Å²) < 4.78 is 4.87. The van der Waals surface area contributed by atoms with Crippen molar-refractivity contribution < 1.29 is 19.4 Å². The minimum Gasteiger partial charge on any atom is -0.478 e. The summed E-state index contributed by atoms with van der Waals surface area (Å²) in [6, 6.07) is 4.34. The van der Waals surface area contributed by atoms with Crippen molar-refractivity contribution in [3.05, 3.63) is 23.8 Å². The second kappa shape index (κ2) is 4.32. The van der Waals surface area contributed by atoms with Gasteiger partial charge in [0.2, 0.25) is 0 Å². The molecule has 1 aliphatic rings. The van der Waals surface area contributed by atoms with Gasteiger partial charge >= 0.3 is 12.1 Å². The highest BCUT2D eigenvalue weighted by atomic mass is 16.6. The van der Waals surface area contributed by atoms with Crippen LogP contribution in [0.25, 0.3) is 0 Å². The van der Waals surface area contributed by atoms with E-state index in [2.05, 4.69) is 0 Å². The minimum absolute atomic E-state index is 0.0399. The molecule has 1 heterocycles. The number of hydrogen-bond donors (Lipinski definition) is 2. The Balaban J connectivity index is 2.45. The van der Waals surface area contributed by atoms with Gasteiger partial charge in [0, 0.05) is 12.2 Å². The topological polar surface area (TPSA) is 92.9 Å². The molecule has 0 aliphatic carbocycles. The fraction of sp³-hybridized carbons (Fsp3) is 0.273. The summed E-state index contributed by atoms with van der Waals surface area (Å²) in [5.74, 6) is -1.10. The van der Waals surface area contributed by atoms with Crippen LogP contribution in [-0.4, -0.2) is 30.3 Å². The largest absolute Gasteiger partial charge is 0.478 e. The third-order valence-electron chi connectivity index (χ3n) is 2.51. The monoisotopic (exact) mass is 236 g/mol. The third kappa shape index (κ3) is 2.15. The van der Waals surface area contributed by atoms with E-state index in [0.717, 1.165) is 0 Å². The van der Waals surface area contributed by atoms with Crippen LogP contribution in [0.4, 0.5) is 16.2 Å². The number of carbonyl (C=O) groups excluding carboxylic acids is 1. The highest BCUT2D eigenvalue weighted by Gasteiger charge is 2.25. The van der Waals surface area contributed by atoms with Crippen LogP contribution < -0.4 is 10.6 Å². The molecule has 2 rings (SSSR count). The number of carboxylic acids is 1. The molecule has 0 bridgehead atoms. The first kappa shape index (κ1) is 11.3. The predicted molar refractivity (Wildman–Crippen MR) is 61.1 cm³/mol. The quantitative estimate of drug-likeness (QED) is 0.755. The van der Waals surface area contributed by atoms with Crippen LogP contribution in [0.5, 0.6) is 0 Å². The van der Waals surface area contributed by atoms with Gasteiger partial charge in [0.25, 0.3) is 0 Å². The number of ether oxygens (including phenoxy) is 1. The Labute approximate surface area is 97.6 Å². The van der Waals surface area contributed by atoms with Gasteiger partial charge < -0.3 is 15.6 Å². The van der Waals surface area contributed by atoms with Crippen molar-refractivity contribution >= 4 is 23.4 Å². The lowest BCUT2D eigenvalue weighted by molar-refractivity contribution is 0.0697. The van der Waals surface area contributed by atoms with E-state index in [0.29, 0.717) is 25.3 Å². The number of cyclic esters (lactones) is 1. The maximum absolute atomic E-state index is 11.6. The SMILES string of the molecule is Nc1ccc(C(=O)O)c(N2CCCOC2=O)c1. The zero-order chi connectivity index (χ0) is 12.4. The molecule has 1 saturated heterocycles. The average Bonchev–Trinajstić information content (AvgIpc) is 2.29. The zero-order valence-electron chi connectivity index (χ0n) is 9.05. The van der Waals surface area contributed by atoms with Crippen molar-refractivity contribution in [3.63, 3.8) is 0 Å². The Hall–Kier alpha value is -2.24. The Morgan fingerprint density at radius 1 is 1.47 bits per heavy atom. The van der Waals surface area contributed by atoms with Crippen LogP contribution in [0.2, 0.25) is 0 Å². The summed E-state index contributed by atoms with van der Waals surface area (Å²) in [4.78, 5) is 23.9. The molecule has 6 heteroatoms. The molecule has 0 radical (unpaired) electrons. The molecular weight excluding hydrogens is 224 g/mol. The highest BCUT2D eigenvalue weighted by molar-refractivity contribution is 6.00. The lowest BCUT2D eigenvalue weighted by atomic mass is 10.1. The van der Waals surface area contributed by atoms with Gasteiger partial charge in [-0.2, -0.15) is 0 Å². The van der Waals surface area contributed by atoms with Crippen molar-refractivity contribution in [2.45, 2.75) is 6.42 Å². The molecule has 0 unspecified atom stereocenters. The van der Waals surface area contributed by atoms with Crippen LogP contribution in [0, 0.1) is 0 Å². The van der Waals surface area contributed by atoms with Crippen molar-refractivity contribution in [1.29, 1.82) is 0 Å². The fourth-order valence-corrected chi connectivity index (χ4v) is 1.72. The number of carboxylic acid groups (broad SMARTS) is 1. The maximum Gasteiger partial charge on any atom is 0.414 e. The van der Waals surface area contributed by atoms with E-state index in [1.807, 2.05) is 0 Å². The number of hydrogen-bond acceptors (Lipinski definition) is 4. The van der Waals surface area contributed by atoms with Crippen LogP contribution in [-0.2, 0) is 4.74 Å². The number of amides is 1. The van der Waals surface area contributed by atoms with Crippen molar-refractivity contribution in [2.75, 3.05) is 23.8 Å². The second-order valence-electron chi connectivity index (χ2n) is 3.70. The van der Waals surface area contributed by atoms with Crippen LogP contribution in [0.1, 0.15) is 16.8 Å². The molecule has 0 saturated carbocycles. The Morgan fingerprint density at radius 3 is 2.88 bits per heavy atom. The van der Waals surface area contributed by atoms with Gasteiger partial charge in [0.05, 0.1) is 17.9 Å². The normalized spacial score (nSPS) is 15.5. The molecule has 1 aliphatic heterocycles. The number of nitrogens with zero attached hydrogens (tertiary/aromatic N) is 1. The van der Waals surface area contributed by atoms with Crippen LogP contribution in [0.3, 0.4) is 0 Å². The third-order valence-corrected chi connectivity index (χ3v) is 2.51. The van der Waals surface area contributed by atoms with Gasteiger partial charge in [0.15, 0.2) is 0 Å². The van der Waals surface area contributed by atoms with Gasteiger partial charge in [-0.3, -0.25) is 4.90 Å². The molecule has 1 amide bonds. The first-order valence-electron chi connectivity index (χ1n) is 5.16. The predicted octanol–water partition coefficient (Wildman–Crippen LogP) is 1.31. The zero-order valence-corrected chi connectivity index (χ0v) is 9.05. The molecule has 1 aromatic carbocycles. The molecule has 0 atom stereocenters. The summed E-state index contributed by atoms with van der Waals surface area (Å²) in [7, 11) is 0. The maximum atomic E-state index is 11.6. The van der Waals surface area contributed by atoms with E-state index in [9.17, 15) is 9.59 Å². The highest BCUT2D eigenvalue weighted by Crippen LogP contribution is 2.26. The van der Waals surface area contributed by atoms with Crippen molar-refractivity contribution in [2.24, 2.45) is 0 Å². The van der Waals surface area contributed by atoms with Gasteiger partial charge in [0.1, 0.15) is 0 Å². The van der Waals surface area contributed by atoms with Crippen LogP contribution >= 0.6 is 0 Å². The Kier molecular flexibility index (Phi) is 2.86. The van der Waals surface area contributed by atoms with E-state index >= 15 is 0 Å².